The summed E-state index contributed by atoms with van der Waals surface area (Å²) in [5, 5.41) is 0. The summed E-state index contributed by atoms with van der Waals surface area (Å²) in [5.74, 6) is -2.90. The SMILES string of the molecule is O=c1nc(OCc2cc(F)c(Oc3ccnc(C(F)(F)F)c3)c(F)c2)cc2n1CC[C@@]13CO[C@@H](CN21)C3. The Balaban J connectivity index is 1.20. The topological polar surface area (TPSA) is 78.7 Å². The Bertz CT molecular complexity index is 1420. The van der Waals surface area contributed by atoms with Gasteiger partial charge in [0.25, 0.3) is 0 Å². The molecule has 1 spiro atoms. The van der Waals surface area contributed by atoms with E-state index < -0.39 is 40.7 Å². The summed E-state index contributed by atoms with van der Waals surface area (Å²) in [4.78, 5) is 21.9. The molecule has 8 nitrogen and oxygen atoms in total. The molecule has 0 unspecified atom stereocenters. The second kappa shape index (κ2) is 8.40. The van der Waals surface area contributed by atoms with Crippen LogP contribution in [0.2, 0.25) is 0 Å². The van der Waals surface area contributed by atoms with E-state index >= 15 is 0 Å². The van der Waals surface area contributed by atoms with Gasteiger partial charge in [0.1, 0.15) is 23.9 Å². The van der Waals surface area contributed by atoms with Crippen molar-refractivity contribution >= 4 is 5.82 Å². The Kier molecular flexibility index (Phi) is 5.37. The van der Waals surface area contributed by atoms with E-state index in [1.165, 1.54) is 0 Å². The number of ether oxygens (including phenoxy) is 3. The van der Waals surface area contributed by atoms with Crippen LogP contribution in [0.1, 0.15) is 24.1 Å². The summed E-state index contributed by atoms with van der Waals surface area (Å²) in [6, 6.07) is 5.09. The van der Waals surface area contributed by atoms with Crippen LogP contribution < -0.4 is 20.1 Å². The fourth-order valence-electron chi connectivity index (χ4n) is 5.16. The Labute approximate surface area is 206 Å². The van der Waals surface area contributed by atoms with Gasteiger partial charge in [0, 0.05) is 37.8 Å². The first-order valence-corrected chi connectivity index (χ1v) is 11.4. The first-order valence-electron chi connectivity index (χ1n) is 11.4. The summed E-state index contributed by atoms with van der Waals surface area (Å²) >= 11 is 0. The van der Waals surface area contributed by atoms with Gasteiger partial charge in [0.2, 0.25) is 5.88 Å². The van der Waals surface area contributed by atoms with Crippen molar-refractivity contribution in [3.8, 4) is 17.4 Å². The molecule has 2 bridgehead atoms. The number of halogens is 5. The summed E-state index contributed by atoms with van der Waals surface area (Å²) < 4.78 is 85.8. The molecule has 3 aliphatic rings. The van der Waals surface area contributed by atoms with Crippen LogP contribution in [0.25, 0.3) is 0 Å². The van der Waals surface area contributed by atoms with Crippen molar-refractivity contribution in [2.24, 2.45) is 0 Å². The molecule has 2 atom stereocenters. The van der Waals surface area contributed by atoms with Crippen molar-refractivity contribution in [1.82, 2.24) is 14.5 Å². The van der Waals surface area contributed by atoms with Crippen molar-refractivity contribution in [2.45, 2.75) is 43.8 Å². The third kappa shape index (κ3) is 4.16. The van der Waals surface area contributed by atoms with Gasteiger partial charge in [0.05, 0.1) is 18.2 Å². The molecular formula is C24H19F5N4O4. The number of nitrogens with zero attached hydrogens (tertiary/aromatic N) is 4. The maximum absolute atomic E-state index is 14.6. The number of hydrogen-bond acceptors (Lipinski definition) is 7. The van der Waals surface area contributed by atoms with Crippen molar-refractivity contribution in [1.29, 1.82) is 0 Å². The lowest BCUT2D eigenvalue weighted by molar-refractivity contribution is -0.141. The number of anilines is 1. The average Bonchev–Trinajstić information content (AvgIpc) is 3.43. The van der Waals surface area contributed by atoms with Gasteiger partial charge in [-0.2, -0.15) is 18.2 Å². The largest absolute Gasteiger partial charge is 0.473 e. The number of fused-ring (bicyclic) bond motifs is 3. The lowest BCUT2D eigenvalue weighted by Gasteiger charge is -2.44. The molecular weight excluding hydrogens is 503 g/mol. The minimum absolute atomic E-state index is 0.00889. The minimum Gasteiger partial charge on any atom is -0.473 e. The lowest BCUT2D eigenvalue weighted by atomic mass is 9.92. The van der Waals surface area contributed by atoms with Gasteiger partial charge in [-0.1, -0.05) is 0 Å². The van der Waals surface area contributed by atoms with E-state index in [2.05, 4.69) is 14.9 Å². The van der Waals surface area contributed by atoms with Crippen LogP contribution >= 0.6 is 0 Å². The number of hydrogen-bond donors (Lipinski definition) is 0. The van der Waals surface area contributed by atoms with E-state index in [1.807, 2.05) is 0 Å². The van der Waals surface area contributed by atoms with Gasteiger partial charge in [-0.05, 0) is 30.2 Å². The molecule has 0 saturated carbocycles. The van der Waals surface area contributed by atoms with E-state index in [4.69, 9.17) is 14.2 Å². The Morgan fingerprint density at radius 3 is 2.68 bits per heavy atom. The monoisotopic (exact) mass is 522 g/mol. The zero-order chi connectivity index (χ0) is 25.9. The third-order valence-electron chi connectivity index (χ3n) is 6.88. The first kappa shape index (κ1) is 23.6. The van der Waals surface area contributed by atoms with Gasteiger partial charge in [0.15, 0.2) is 17.4 Å². The van der Waals surface area contributed by atoms with E-state index in [1.54, 1.807) is 10.6 Å². The summed E-state index contributed by atoms with van der Waals surface area (Å²) in [7, 11) is 0. The molecule has 5 heterocycles. The van der Waals surface area contributed by atoms with Crippen LogP contribution in [0.5, 0.6) is 17.4 Å². The highest BCUT2D eigenvalue weighted by Gasteiger charge is 2.54. The fraction of sp³-hybridized carbons (Fsp3) is 0.375. The van der Waals surface area contributed by atoms with Gasteiger partial charge in [-0.15, -0.1) is 0 Å². The van der Waals surface area contributed by atoms with Crippen molar-refractivity contribution in [3.05, 3.63) is 69.9 Å². The number of morpholine rings is 1. The zero-order valence-electron chi connectivity index (χ0n) is 19.1. The Hall–Kier alpha value is -3.74. The molecule has 0 radical (unpaired) electrons. The third-order valence-corrected chi connectivity index (χ3v) is 6.88. The zero-order valence-corrected chi connectivity index (χ0v) is 19.1. The predicted molar refractivity (Wildman–Crippen MR) is 118 cm³/mol. The molecule has 1 aromatic carbocycles. The molecule has 3 aromatic rings. The second-order valence-corrected chi connectivity index (χ2v) is 9.26. The van der Waals surface area contributed by atoms with E-state index in [0.29, 0.717) is 31.6 Å². The number of pyridine rings is 1. The van der Waals surface area contributed by atoms with Gasteiger partial charge in [-0.25, -0.2) is 13.6 Å². The van der Waals surface area contributed by atoms with Crippen molar-refractivity contribution in [3.63, 3.8) is 0 Å². The standard InChI is InChI=1S/C24H19F5N4O4/c25-16-5-13(6-17(26)21(16)37-14-1-3-30-18(7-14)24(27,28)29)11-35-19-8-20-32(22(34)31-19)4-2-23-9-15(36-12-23)10-33(20)23/h1,3,5-8,15H,2,4,9-12H2/t15-,23-/m1/s1. The second-order valence-electron chi connectivity index (χ2n) is 9.26. The summed E-state index contributed by atoms with van der Waals surface area (Å²) in [6.07, 6.45) is -2.13. The van der Waals surface area contributed by atoms with E-state index in [0.717, 1.165) is 37.2 Å². The maximum Gasteiger partial charge on any atom is 0.433 e. The van der Waals surface area contributed by atoms with Crippen LogP contribution in [0.3, 0.4) is 0 Å². The molecule has 2 fully saturated rings. The number of aromatic nitrogens is 3. The number of benzene rings is 1. The molecule has 37 heavy (non-hydrogen) atoms. The highest BCUT2D eigenvalue weighted by molar-refractivity contribution is 5.50. The predicted octanol–water partition coefficient (Wildman–Crippen LogP) is 4.06. The van der Waals surface area contributed by atoms with Crippen molar-refractivity contribution < 1.29 is 36.2 Å². The van der Waals surface area contributed by atoms with Crippen LogP contribution in [0, 0.1) is 11.6 Å². The van der Waals surface area contributed by atoms with E-state index in [-0.39, 0.29) is 29.7 Å². The molecule has 3 aliphatic heterocycles. The fourth-order valence-corrected chi connectivity index (χ4v) is 5.16. The van der Waals surface area contributed by atoms with Gasteiger partial charge < -0.3 is 19.1 Å². The van der Waals surface area contributed by atoms with Crippen LogP contribution in [0.15, 0.2) is 41.3 Å². The highest BCUT2D eigenvalue weighted by atomic mass is 19.4. The molecule has 6 rings (SSSR count). The van der Waals surface area contributed by atoms with Crippen LogP contribution in [0.4, 0.5) is 27.8 Å². The molecule has 2 aromatic heterocycles. The molecule has 194 valence electrons. The van der Waals surface area contributed by atoms with Crippen LogP contribution in [-0.4, -0.2) is 39.3 Å². The Morgan fingerprint density at radius 1 is 1.16 bits per heavy atom. The molecule has 0 amide bonds. The molecule has 0 aliphatic carbocycles. The molecule has 0 N–H and O–H groups in total. The average molecular weight is 522 g/mol. The number of alkyl halides is 3. The summed E-state index contributed by atoms with van der Waals surface area (Å²) in [5.41, 5.74) is -1.82. The molecule has 2 saturated heterocycles. The summed E-state index contributed by atoms with van der Waals surface area (Å²) in [6.45, 7) is 1.44. The van der Waals surface area contributed by atoms with E-state index in [9.17, 15) is 26.7 Å². The normalized spacial score (nSPS) is 22.1. The first-order chi connectivity index (χ1) is 17.6. The minimum atomic E-state index is -4.74. The Morgan fingerprint density at radius 2 is 1.95 bits per heavy atom. The number of rotatable bonds is 5. The lowest BCUT2D eigenvalue weighted by Crippen LogP contribution is -2.54. The maximum atomic E-state index is 14.6. The smallest absolute Gasteiger partial charge is 0.433 e. The molecule has 13 heteroatoms. The quantitative estimate of drug-likeness (QED) is 0.468. The van der Waals surface area contributed by atoms with Gasteiger partial charge in [-0.3, -0.25) is 9.55 Å². The van der Waals surface area contributed by atoms with Crippen LogP contribution in [-0.2, 0) is 24.1 Å². The van der Waals surface area contributed by atoms with Gasteiger partial charge >= 0.3 is 11.9 Å². The highest BCUT2D eigenvalue weighted by Crippen LogP contribution is 2.46. The van der Waals surface area contributed by atoms with Crippen molar-refractivity contribution in [2.75, 3.05) is 18.1 Å².